The number of carbonyl (C=O) groups is 1. The minimum atomic E-state index is -0.493. The molecule has 1 unspecified atom stereocenters. The Labute approximate surface area is 114 Å². The molecule has 0 spiro atoms. The van der Waals surface area contributed by atoms with Crippen LogP contribution in [0.2, 0.25) is 0 Å². The third kappa shape index (κ3) is 3.47. The summed E-state index contributed by atoms with van der Waals surface area (Å²) in [5, 5.41) is 0. The molecular weight excluding hydrogens is 240 g/mol. The molecule has 19 heavy (non-hydrogen) atoms. The van der Waals surface area contributed by atoms with Crippen LogP contribution in [-0.2, 0) is 11.3 Å². The topological polar surface area (TPSA) is 59.5 Å². The van der Waals surface area contributed by atoms with Crippen LogP contribution in [0.3, 0.4) is 0 Å². The maximum absolute atomic E-state index is 12.5. The highest BCUT2D eigenvalue weighted by Crippen LogP contribution is 2.25. The molecule has 0 aliphatic heterocycles. The van der Waals surface area contributed by atoms with Crippen molar-refractivity contribution in [1.82, 2.24) is 4.90 Å². The Hall–Kier alpha value is -1.55. The Morgan fingerprint density at radius 1 is 1.58 bits per heavy atom. The maximum atomic E-state index is 12.5. The van der Waals surface area contributed by atoms with Gasteiger partial charge in [-0.15, -0.1) is 6.58 Å². The molecule has 4 heteroatoms. The molecule has 0 aromatic carbocycles. The number of nitrogens with two attached hydrogens (primary N) is 1. The fourth-order valence-corrected chi connectivity index (χ4v) is 2.67. The van der Waals surface area contributed by atoms with Crippen molar-refractivity contribution in [2.45, 2.75) is 50.7 Å². The average molecular weight is 262 g/mol. The Kier molecular flexibility index (Phi) is 4.80. The summed E-state index contributed by atoms with van der Waals surface area (Å²) in [6, 6.07) is 3.55. The number of carbonyl (C=O) groups excluding carboxylic acids is 1. The fourth-order valence-electron chi connectivity index (χ4n) is 2.67. The number of hydrogen-bond donors (Lipinski definition) is 1. The van der Waals surface area contributed by atoms with Crippen molar-refractivity contribution in [1.29, 1.82) is 0 Å². The lowest BCUT2D eigenvalue weighted by molar-refractivity contribution is -0.135. The second kappa shape index (κ2) is 6.57. The van der Waals surface area contributed by atoms with Crippen molar-refractivity contribution in [3.05, 3.63) is 36.8 Å². The van der Waals surface area contributed by atoms with Gasteiger partial charge in [-0.3, -0.25) is 4.79 Å². The van der Waals surface area contributed by atoms with Crippen LogP contribution in [0.25, 0.3) is 0 Å². The van der Waals surface area contributed by atoms with Crippen molar-refractivity contribution in [3.8, 4) is 0 Å². The lowest BCUT2D eigenvalue weighted by atomic mass is 10.1. The largest absolute Gasteiger partial charge is 0.467 e. The second-order valence-electron chi connectivity index (χ2n) is 5.11. The molecule has 1 aliphatic carbocycles. The highest BCUT2D eigenvalue weighted by Gasteiger charge is 2.29. The van der Waals surface area contributed by atoms with Crippen LogP contribution >= 0.6 is 0 Å². The molecule has 2 N–H and O–H groups in total. The third-order valence-corrected chi connectivity index (χ3v) is 3.69. The predicted molar refractivity (Wildman–Crippen MR) is 74.3 cm³/mol. The van der Waals surface area contributed by atoms with E-state index < -0.39 is 6.04 Å². The molecule has 0 saturated heterocycles. The lowest BCUT2D eigenvalue weighted by Crippen LogP contribution is -2.47. The molecule has 104 valence electrons. The minimum absolute atomic E-state index is 0.00296. The van der Waals surface area contributed by atoms with Gasteiger partial charge in [0.2, 0.25) is 5.91 Å². The number of rotatable bonds is 6. The van der Waals surface area contributed by atoms with Crippen molar-refractivity contribution in [3.63, 3.8) is 0 Å². The summed E-state index contributed by atoms with van der Waals surface area (Å²) in [6.07, 6.45) is 8.34. The van der Waals surface area contributed by atoms with Crippen LogP contribution in [0, 0.1) is 0 Å². The van der Waals surface area contributed by atoms with Gasteiger partial charge < -0.3 is 15.1 Å². The van der Waals surface area contributed by atoms with E-state index in [0.29, 0.717) is 19.0 Å². The number of nitrogens with zero attached hydrogens (tertiary/aromatic N) is 1. The van der Waals surface area contributed by atoms with Gasteiger partial charge >= 0.3 is 0 Å². The molecule has 1 heterocycles. The summed E-state index contributed by atoms with van der Waals surface area (Å²) in [6.45, 7) is 4.16. The first-order valence-corrected chi connectivity index (χ1v) is 6.91. The van der Waals surface area contributed by atoms with Gasteiger partial charge in [-0.2, -0.15) is 0 Å². The van der Waals surface area contributed by atoms with Crippen LogP contribution in [0.1, 0.15) is 37.9 Å². The molecule has 0 bridgehead atoms. The van der Waals surface area contributed by atoms with E-state index in [-0.39, 0.29) is 5.91 Å². The van der Waals surface area contributed by atoms with Gasteiger partial charge in [-0.25, -0.2) is 0 Å². The van der Waals surface area contributed by atoms with Crippen LogP contribution in [-0.4, -0.2) is 22.9 Å². The molecule has 1 aromatic rings. The quantitative estimate of drug-likeness (QED) is 0.801. The van der Waals surface area contributed by atoms with Gasteiger partial charge in [0.1, 0.15) is 5.76 Å². The summed E-state index contributed by atoms with van der Waals surface area (Å²) in [7, 11) is 0. The summed E-state index contributed by atoms with van der Waals surface area (Å²) in [4.78, 5) is 14.3. The van der Waals surface area contributed by atoms with Gasteiger partial charge in [-0.1, -0.05) is 18.9 Å². The zero-order valence-corrected chi connectivity index (χ0v) is 11.3. The standard InChI is InChI=1S/C15H22N2O2/c1-2-6-14(16)15(18)17(12-7-3-4-8-12)11-13-9-5-10-19-13/h2,5,9-10,12,14H,1,3-4,6-8,11,16H2. The minimum Gasteiger partial charge on any atom is -0.467 e. The SMILES string of the molecule is C=CCC(N)C(=O)N(Cc1ccco1)C1CCCC1. The Morgan fingerprint density at radius 2 is 2.32 bits per heavy atom. The molecule has 1 atom stereocenters. The Balaban J connectivity index is 2.08. The molecule has 1 saturated carbocycles. The summed E-state index contributed by atoms with van der Waals surface area (Å²) >= 11 is 0. The molecule has 1 aliphatic rings. The lowest BCUT2D eigenvalue weighted by Gasteiger charge is -2.30. The third-order valence-electron chi connectivity index (χ3n) is 3.69. The van der Waals surface area contributed by atoms with E-state index in [1.165, 1.54) is 12.8 Å². The maximum Gasteiger partial charge on any atom is 0.240 e. The highest BCUT2D eigenvalue weighted by molar-refractivity contribution is 5.82. The number of furan rings is 1. The van der Waals surface area contributed by atoms with Gasteiger partial charge in [0.25, 0.3) is 0 Å². The van der Waals surface area contributed by atoms with E-state index in [1.54, 1.807) is 12.3 Å². The van der Waals surface area contributed by atoms with Crippen molar-refractivity contribution in [2.24, 2.45) is 5.73 Å². The van der Waals surface area contributed by atoms with Crippen molar-refractivity contribution >= 4 is 5.91 Å². The molecule has 1 fully saturated rings. The Bertz CT molecular complexity index is 408. The van der Waals surface area contributed by atoms with E-state index in [9.17, 15) is 4.79 Å². The molecule has 1 aromatic heterocycles. The molecule has 1 amide bonds. The van der Waals surface area contributed by atoms with E-state index in [0.717, 1.165) is 18.6 Å². The highest BCUT2D eigenvalue weighted by atomic mass is 16.3. The average Bonchev–Trinajstić information content (AvgIpc) is 3.08. The van der Waals surface area contributed by atoms with Gasteiger partial charge in [0, 0.05) is 6.04 Å². The molecule has 2 rings (SSSR count). The first-order valence-electron chi connectivity index (χ1n) is 6.91. The fraction of sp³-hybridized carbons (Fsp3) is 0.533. The van der Waals surface area contributed by atoms with Crippen LogP contribution in [0.4, 0.5) is 0 Å². The summed E-state index contributed by atoms with van der Waals surface area (Å²) < 4.78 is 5.36. The van der Waals surface area contributed by atoms with E-state index >= 15 is 0 Å². The second-order valence-corrected chi connectivity index (χ2v) is 5.11. The smallest absolute Gasteiger partial charge is 0.240 e. The van der Waals surface area contributed by atoms with E-state index in [1.807, 2.05) is 17.0 Å². The van der Waals surface area contributed by atoms with Crippen molar-refractivity contribution in [2.75, 3.05) is 0 Å². The predicted octanol–water partition coefficient (Wildman–Crippen LogP) is 2.45. The van der Waals surface area contributed by atoms with Crippen LogP contribution in [0.5, 0.6) is 0 Å². The summed E-state index contributed by atoms with van der Waals surface area (Å²) in [5.41, 5.74) is 5.93. The van der Waals surface area contributed by atoms with Gasteiger partial charge in [-0.05, 0) is 31.4 Å². The van der Waals surface area contributed by atoms with Crippen molar-refractivity contribution < 1.29 is 9.21 Å². The summed E-state index contributed by atoms with van der Waals surface area (Å²) in [5.74, 6) is 0.814. The Morgan fingerprint density at radius 3 is 2.89 bits per heavy atom. The van der Waals surface area contributed by atoms with Gasteiger partial charge in [0.05, 0.1) is 18.8 Å². The van der Waals surface area contributed by atoms with Gasteiger partial charge in [0.15, 0.2) is 0 Å². The molecule has 4 nitrogen and oxygen atoms in total. The molecule has 0 radical (unpaired) electrons. The van der Waals surface area contributed by atoms with Crippen LogP contribution in [0.15, 0.2) is 35.5 Å². The number of hydrogen-bond acceptors (Lipinski definition) is 3. The molecular formula is C15H22N2O2. The monoisotopic (exact) mass is 262 g/mol. The zero-order valence-electron chi connectivity index (χ0n) is 11.3. The zero-order chi connectivity index (χ0) is 13.7. The number of amides is 1. The van der Waals surface area contributed by atoms with Crippen LogP contribution < -0.4 is 5.73 Å². The van der Waals surface area contributed by atoms with E-state index in [4.69, 9.17) is 10.2 Å². The van der Waals surface area contributed by atoms with E-state index in [2.05, 4.69) is 6.58 Å². The normalized spacial score (nSPS) is 17.3. The first kappa shape index (κ1) is 13.9. The first-order chi connectivity index (χ1) is 9.22.